The Labute approximate surface area is 219 Å². The van der Waals surface area contributed by atoms with Gasteiger partial charge in [0.15, 0.2) is 0 Å². The highest BCUT2D eigenvalue weighted by atomic mass is 16.6. The van der Waals surface area contributed by atoms with Crippen molar-refractivity contribution < 1.29 is 23.9 Å². The van der Waals surface area contributed by atoms with Crippen LogP contribution in [-0.4, -0.2) is 61.7 Å². The molecule has 37 heavy (non-hydrogen) atoms. The average molecular weight is 508 g/mol. The van der Waals surface area contributed by atoms with Gasteiger partial charge in [0, 0.05) is 26.1 Å². The van der Waals surface area contributed by atoms with E-state index in [1.807, 2.05) is 19.1 Å². The zero-order valence-corrected chi connectivity index (χ0v) is 22.4. The molecule has 198 valence electrons. The van der Waals surface area contributed by atoms with Gasteiger partial charge in [0.25, 0.3) is 0 Å². The molecule has 1 heterocycles. The van der Waals surface area contributed by atoms with Crippen LogP contribution in [0.3, 0.4) is 0 Å². The summed E-state index contributed by atoms with van der Waals surface area (Å²) in [6.45, 7) is 10.2. The number of esters is 1. The molecule has 2 atom stereocenters. The first-order chi connectivity index (χ1) is 17.8. The molecule has 0 spiro atoms. The fourth-order valence-electron chi connectivity index (χ4n) is 5.21. The van der Waals surface area contributed by atoms with E-state index in [0.717, 1.165) is 25.1 Å². The minimum absolute atomic E-state index is 0.0640. The van der Waals surface area contributed by atoms with Crippen LogP contribution in [0.15, 0.2) is 42.5 Å². The fourth-order valence-corrected chi connectivity index (χ4v) is 5.21. The number of hydrogen-bond donors (Lipinski definition) is 0. The second-order valence-electron chi connectivity index (χ2n) is 9.90. The lowest BCUT2D eigenvalue weighted by Gasteiger charge is -2.40. The maximum absolute atomic E-state index is 13.4. The van der Waals surface area contributed by atoms with E-state index in [1.165, 1.54) is 20.0 Å². The number of amides is 2. The predicted octanol–water partition coefficient (Wildman–Crippen LogP) is 5.21. The average Bonchev–Trinajstić information content (AvgIpc) is 3.74. The minimum atomic E-state index is -0.527. The number of fused-ring (bicyclic) bond motifs is 1. The van der Waals surface area contributed by atoms with E-state index < -0.39 is 12.1 Å². The van der Waals surface area contributed by atoms with Crippen LogP contribution in [0.2, 0.25) is 0 Å². The SMILES string of the molecule is CCC(CN(CC)C1CC1)c1ccc2c(c1)N(C(=O)Oc1ccc(C(=O)OC)cc1)C[C@H](C)N2C(C)=O. The van der Waals surface area contributed by atoms with Gasteiger partial charge in [0.2, 0.25) is 5.91 Å². The van der Waals surface area contributed by atoms with Crippen molar-refractivity contribution in [2.45, 2.75) is 65.0 Å². The highest BCUT2D eigenvalue weighted by Gasteiger charge is 2.36. The van der Waals surface area contributed by atoms with Crippen LogP contribution in [0.4, 0.5) is 16.2 Å². The summed E-state index contributed by atoms with van der Waals surface area (Å²) in [4.78, 5) is 43.6. The summed E-state index contributed by atoms with van der Waals surface area (Å²) in [7, 11) is 1.32. The highest BCUT2D eigenvalue weighted by molar-refractivity contribution is 6.02. The van der Waals surface area contributed by atoms with E-state index in [2.05, 4.69) is 24.8 Å². The van der Waals surface area contributed by atoms with Gasteiger partial charge in [-0.2, -0.15) is 0 Å². The summed E-state index contributed by atoms with van der Waals surface area (Å²) in [5, 5.41) is 0. The predicted molar refractivity (Wildman–Crippen MR) is 144 cm³/mol. The van der Waals surface area contributed by atoms with Crippen LogP contribution >= 0.6 is 0 Å². The van der Waals surface area contributed by atoms with Gasteiger partial charge >= 0.3 is 12.1 Å². The summed E-state index contributed by atoms with van der Waals surface area (Å²) in [6.07, 6.45) is 2.98. The van der Waals surface area contributed by atoms with Crippen LogP contribution in [0.1, 0.15) is 68.8 Å². The molecule has 1 saturated carbocycles. The van der Waals surface area contributed by atoms with Gasteiger partial charge in [-0.3, -0.25) is 9.69 Å². The molecule has 0 bridgehead atoms. The molecule has 0 radical (unpaired) electrons. The van der Waals surface area contributed by atoms with Gasteiger partial charge < -0.3 is 19.3 Å². The number of carbonyl (C=O) groups excluding carboxylic acids is 3. The summed E-state index contributed by atoms with van der Waals surface area (Å²) in [6, 6.07) is 12.8. The number of hydrogen-bond acceptors (Lipinski definition) is 6. The monoisotopic (exact) mass is 507 g/mol. The third-order valence-electron chi connectivity index (χ3n) is 7.37. The lowest BCUT2D eigenvalue weighted by molar-refractivity contribution is -0.117. The molecule has 8 heteroatoms. The molecular formula is C29H37N3O5. The molecule has 8 nitrogen and oxygen atoms in total. The van der Waals surface area contributed by atoms with E-state index in [9.17, 15) is 14.4 Å². The number of anilines is 2. The second kappa shape index (κ2) is 11.3. The Morgan fingerprint density at radius 2 is 1.76 bits per heavy atom. The van der Waals surface area contributed by atoms with Crippen molar-refractivity contribution in [2.75, 3.05) is 36.5 Å². The minimum Gasteiger partial charge on any atom is -0.465 e. The fraction of sp³-hybridized carbons (Fsp3) is 0.483. The maximum Gasteiger partial charge on any atom is 0.419 e. The van der Waals surface area contributed by atoms with Crippen LogP contribution < -0.4 is 14.5 Å². The van der Waals surface area contributed by atoms with Gasteiger partial charge in [0.05, 0.1) is 30.1 Å². The van der Waals surface area contributed by atoms with Crippen molar-refractivity contribution in [3.63, 3.8) is 0 Å². The van der Waals surface area contributed by atoms with Crippen molar-refractivity contribution in [1.29, 1.82) is 0 Å². The molecule has 1 aliphatic heterocycles. The Kier molecular flexibility index (Phi) is 8.17. The zero-order valence-electron chi connectivity index (χ0n) is 22.4. The second-order valence-corrected chi connectivity index (χ2v) is 9.90. The first-order valence-corrected chi connectivity index (χ1v) is 13.1. The normalized spacial score (nSPS) is 17.8. The molecule has 4 rings (SSSR count). The summed E-state index contributed by atoms with van der Waals surface area (Å²) in [5.74, 6) is 0.124. The molecule has 0 N–H and O–H groups in total. The van der Waals surface area contributed by atoms with E-state index in [-0.39, 0.29) is 11.9 Å². The third kappa shape index (κ3) is 5.80. The van der Waals surface area contributed by atoms with E-state index in [4.69, 9.17) is 9.47 Å². The standard InChI is InChI=1S/C29H37N3O5/c1-6-21(18-30(7-2)24-11-12-24)23-10-15-26-27(16-23)31(17-19(3)32(26)20(4)33)29(35)37-25-13-8-22(9-14-25)28(34)36-5/h8-10,13-16,19,21,24H,6-7,11-12,17-18H2,1-5H3/t19-,21?/m0/s1. The Hall–Kier alpha value is -3.39. The Morgan fingerprint density at radius 1 is 1.05 bits per heavy atom. The molecular weight excluding hydrogens is 470 g/mol. The Bertz CT molecular complexity index is 1140. The molecule has 2 aliphatic rings. The highest BCUT2D eigenvalue weighted by Crippen LogP contribution is 2.39. The molecule has 2 aromatic carbocycles. The molecule has 0 saturated heterocycles. The van der Waals surface area contributed by atoms with Crippen molar-refractivity contribution in [3.8, 4) is 5.75 Å². The summed E-state index contributed by atoms with van der Waals surface area (Å²) >= 11 is 0. The summed E-state index contributed by atoms with van der Waals surface area (Å²) < 4.78 is 10.4. The number of likely N-dealkylation sites (N-methyl/N-ethyl adjacent to an activating group) is 1. The van der Waals surface area contributed by atoms with Gasteiger partial charge in [0.1, 0.15) is 5.75 Å². The van der Waals surface area contributed by atoms with Crippen LogP contribution in [0, 0.1) is 0 Å². The molecule has 2 amide bonds. The van der Waals surface area contributed by atoms with Crippen molar-refractivity contribution in [1.82, 2.24) is 4.90 Å². The molecule has 0 aromatic heterocycles. The van der Waals surface area contributed by atoms with Crippen molar-refractivity contribution in [3.05, 3.63) is 53.6 Å². The molecule has 2 aromatic rings. The van der Waals surface area contributed by atoms with Gasteiger partial charge in [-0.25, -0.2) is 9.59 Å². The van der Waals surface area contributed by atoms with Gasteiger partial charge in [-0.1, -0.05) is 19.9 Å². The number of carbonyl (C=O) groups is 3. The summed E-state index contributed by atoms with van der Waals surface area (Å²) in [5.41, 5.74) is 2.91. The third-order valence-corrected chi connectivity index (χ3v) is 7.37. The lowest BCUT2D eigenvalue weighted by atomic mass is 9.93. The van der Waals surface area contributed by atoms with Crippen molar-refractivity contribution in [2.24, 2.45) is 0 Å². The van der Waals surface area contributed by atoms with Crippen LogP contribution in [-0.2, 0) is 9.53 Å². The van der Waals surface area contributed by atoms with Gasteiger partial charge in [-0.15, -0.1) is 0 Å². The van der Waals surface area contributed by atoms with Crippen LogP contribution in [0.25, 0.3) is 0 Å². The smallest absolute Gasteiger partial charge is 0.419 e. The first kappa shape index (κ1) is 26.7. The number of rotatable bonds is 8. The Balaban J connectivity index is 1.63. The molecule has 1 fully saturated rings. The number of nitrogens with zero attached hydrogens (tertiary/aromatic N) is 3. The number of ether oxygens (including phenoxy) is 2. The zero-order chi connectivity index (χ0) is 26.7. The lowest BCUT2D eigenvalue weighted by Crippen LogP contribution is -2.52. The topological polar surface area (TPSA) is 79.4 Å². The van der Waals surface area contributed by atoms with Crippen molar-refractivity contribution >= 4 is 29.3 Å². The van der Waals surface area contributed by atoms with E-state index in [1.54, 1.807) is 41.0 Å². The Morgan fingerprint density at radius 3 is 2.32 bits per heavy atom. The molecule has 1 aliphatic carbocycles. The van der Waals surface area contributed by atoms with E-state index in [0.29, 0.717) is 41.2 Å². The number of methoxy groups -OCH3 is 1. The van der Waals surface area contributed by atoms with Crippen LogP contribution in [0.5, 0.6) is 5.75 Å². The maximum atomic E-state index is 13.4. The first-order valence-electron chi connectivity index (χ1n) is 13.1. The largest absolute Gasteiger partial charge is 0.465 e. The molecule has 1 unspecified atom stereocenters. The van der Waals surface area contributed by atoms with E-state index >= 15 is 0 Å². The van der Waals surface area contributed by atoms with Gasteiger partial charge in [-0.05, 0) is 80.6 Å². The quantitative estimate of drug-likeness (QED) is 0.457. The number of benzene rings is 2.